The third kappa shape index (κ3) is 3.06. The minimum Gasteiger partial charge on any atom is -0.497 e. The first kappa shape index (κ1) is 15.5. The van der Waals surface area contributed by atoms with Gasteiger partial charge in [-0.05, 0) is 12.1 Å². The summed E-state index contributed by atoms with van der Waals surface area (Å²) in [7, 11) is 1.53. The predicted molar refractivity (Wildman–Crippen MR) is 83.3 cm³/mol. The minimum absolute atomic E-state index is 0.109. The zero-order chi connectivity index (χ0) is 16.4. The molecule has 0 bridgehead atoms. The monoisotopic (exact) mass is 318 g/mol. The van der Waals surface area contributed by atoms with Crippen molar-refractivity contribution < 1.29 is 24.2 Å². The van der Waals surface area contributed by atoms with Gasteiger partial charge in [0, 0.05) is 30.7 Å². The number of carbonyl (C=O) groups excluding carboxylic acids is 1. The number of nitrogens with zero attached hydrogens (tertiary/aromatic N) is 2. The van der Waals surface area contributed by atoms with E-state index in [0.29, 0.717) is 43.0 Å². The normalized spacial score (nSPS) is 15.7. The number of hydrogen-bond acceptors (Lipinski definition) is 5. The number of hydrogen-bond donors (Lipinski definition) is 1. The molecular weight excluding hydrogens is 300 g/mol. The first-order valence-electron chi connectivity index (χ1n) is 7.36. The van der Waals surface area contributed by atoms with Gasteiger partial charge in [0.1, 0.15) is 5.75 Å². The molecule has 0 amide bonds. The Kier molecular flexibility index (Phi) is 4.31. The largest absolute Gasteiger partial charge is 0.497 e. The maximum absolute atomic E-state index is 12.6. The number of aromatic carboxylic acids is 1. The zero-order valence-electron chi connectivity index (χ0n) is 12.8. The molecule has 0 unspecified atom stereocenters. The Morgan fingerprint density at radius 3 is 2.70 bits per heavy atom. The van der Waals surface area contributed by atoms with Gasteiger partial charge < -0.3 is 14.6 Å². The fourth-order valence-electron chi connectivity index (χ4n) is 2.74. The van der Waals surface area contributed by atoms with Gasteiger partial charge in [0.25, 0.3) is 0 Å². The van der Waals surface area contributed by atoms with Crippen molar-refractivity contribution in [2.24, 2.45) is 0 Å². The smallest absolute Gasteiger partial charge is 0.337 e. The van der Waals surface area contributed by atoms with Crippen LogP contribution in [0.4, 0.5) is 0 Å². The first-order valence-corrected chi connectivity index (χ1v) is 7.36. The molecule has 3 rings (SSSR count). The van der Waals surface area contributed by atoms with Crippen LogP contribution in [0.25, 0.3) is 10.9 Å². The highest BCUT2D eigenvalue weighted by Crippen LogP contribution is 2.26. The highest BCUT2D eigenvalue weighted by molar-refractivity contribution is 6.07. The quantitative estimate of drug-likeness (QED) is 0.916. The van der Waals surface area contributed by atoms with E-state index < -0.39 is 5.97 Å². The Bertz CT molecular complexity index is 746. The molecule has 0 aliphatic carbocycles. The average molecular weight is 318 g/mol. The first-order chi connectivity index (χ1) is 11.1. The molecule has 2 heterocycles. The number of ether oxygens (including phenoxy) is 2. The average Bonchev–Trinajstić information content (AvgIpc) is 2.94. The fourth-order valence-corrected chi connectivity index (χ4v) is 2.74. The number of methoxy groups -OCH3 is 1. The van der Waals surface area contributed by atoms with Crippen molar-refractivity contribution in [1.82, 2.24) is 9.47 Å². The van der Waals surface area contributed by atoms with E-state index in [-0.39, 0.29) is 18.0 Å². The van der Waals surface area contributed by atoms with E-state index in [1.54, 1.807) is 18.2 Å². The SMILES string of the molecule is COc1ccc2c(C(=O)O)cn(C(=O)CN3CCOCC3)c2c1. The number of morpholine rings is 1. The van der Waals surface area contributed by atoms with Crippen LogP contribution in [0.5, 0.6) is 5.75 Å². The lowest BCUT2D eigenvalue weighted by Gasteiger charge is -2.25. The van der Waals surface area contributed by atoms with Gasteiger partial charge in [-0.15, -0.1) is 0 Å². The summed E-state index contributed by atoms with van der Waals surface area (Å²) >= 11 is 0. The molecule has 0 spiro atoms. The van der Waals surface area contributed by atoms with E-state index in [1.165, 1.54) is 17.9 Å². The minimum atomic E-state index is -1.06. The fraction of sp³-hybridized carbons (Fsp3) is 0.375. The highest BCUT2D eigenvalue weighted by atomic mass is 16.5. The second-order valence-corrected chi connectivity index (χ2v) is 5.38. The second kappa shape index (κ2) is 6.39. The van der Waals surface area contributed by atoms with Gasteiger partial charge in [0.2, 0.25) is 5.91 Å². The van der Waals surface area contributed by atoms with E-state index in [0.717, 1.165) is 0 Å². The molecule has 1 aromatic heterocycles. The second-order valence-electron chi connectivity index (χ2n) is 5.38. The highest BCUT2D eigenvalue weighted by Gasteiger charge is 2.21. The van der Waals surface area contributed by atoms with Gasteiger partial charge in [0.15, 0.2) is 0 Å². The van der Waals surface area contributed by atoms with Crippen LogP contribution >= 0.6 is 0 Å². The van der Waals surface area contributed by atoms with Gasteiger partial charge >= 0.3 is 5.97 Å². The van der Waals surface area contributed by atoms with Crippen LogP contribution in [0.2, 0.25) is 0 Å². The molecule has 1 aliphatic rings. The molecule has 7 nitrogen and oxygen atoms in total. The molecule has 2 aromatic rings. The van der Waals surface area contributed by atoms with Crippen LogP contribution in [-0.4, -0.2) is 66.4 Å². The summed E-state index contributed by atoms with van der Waals surface area (Å²) in [6, 6.07) is 5.03. The predicted octanol–water partition coefficient (Wildman–Crippen LogP) is 1.32. The van der Waals surface area contributed by atoms with Crippen molar-refractivity contribution in [2.75, 3.05) is 40.0 Å². The van der Waals surface area contributed by atoms with Crippen molar-refractivity contribution in [2.45, 2.75) is 0 Å². The maximum Gasteiger partial charge on any atom is 0.337 e. The topological polar surface area (TPSA) is 81.0 Å². The van der Waals surface area contributed by atoms with Gasteiger partial charge in [-0.2, -0.15) is 0 Å². The molecule has 1 N–H and O–H groups in total. The summed E-state index contributed by atoms with van der Waals surface area (Å²) < 4.78 is 11.8. The van der Waals surface area contributed by atoms with Crippen LogP contribution in [0.1, 0.15) is 15.2 Å². The van der Waals surface area contributed by atoms with Gasteiger partial charge in [-0.1, -0.05) is 0 Å². The number of fused-ring (bicyclic) bond motifs is 1. The van der Waals surface area contributed by atoms with Crippen LogP contribution in [0.15, 0.2) is 24.4 Å². The summed E-state index contributed by atoms with van der Waals surface area (Å²) in [5, 5.41) is 9.86. The van der Waals surface area contributed by atoms with Crippen molar-refractivity contribution in [3.8, 4) is 5.75 Å². The molecule has 1 aromatic carbocycles. The summed E-state index contributed by atoms with van der Waals surface area (Å²) in [5.41, 5.74) is 0.651. The third-order valence-corrected chi connectivity index (χ3v) is 3.97. The Balaban J connectivity index is 1.97. The standard InChI is InChI=1S/C16H18N2O5/c1-22-11-2-3-12-13(16(20)21)9-18(14(12)8-11)15(19)10-17-4-6-23-7-5-17/h2-3,8-9H,4-7,10H2,1H3,(H,20,21). The van der Waals surface area contributed by atoms with Gasteiger partial charge in [-0.3, -0.25) is 14.3 Å². The third-order valence-electron chi connectivity index (χ3n) is 3.97. The van der Waals surface area contributed by atoms with Crippen molar-refractivity contribution in [1.29, 1.82) is 0 Å². The lowest BCUT2D eigenvalue weighted by Crippen LogP contribution is -2.40. The Morgan fingerprint density at radius 1 is 1.30 bits per heavy atom. The van der Waals surface area contributed by atoms with E-state index in [1.807, 2.05) is 4.90 Å². The zero-order valence-corrected chi connectivity index (χ0v) is 12.8. The van der Waals surface area contributed by atoms with E-state index in [2.05, 4.69) is 0 Å². The molecule has 7 heteroatoms. The molecule has 1 fully saturated rings. The maximum atomic E-state index is 12.6. The summed E-state index contributed by atoms with van der Waals surface area (Å²) in [6.45, 7) is 2.82. The molecular formula is C16H18N2O5. The van der Waals surface area contributed by atoms with Crippen LogP contribution in [-0.2, 0) is 4.74 Å². The summed E-state index contributed by atoms with van der Waals surface area (Å²) in [6.07, 6.45) is 1.38. The van der Waals surface area contributed by atoms with E-state index in [9.17, 15) is 14.7 Å². The van der Waals surface area contributed by atoms with Gasteiger partial charge in [-0.25, -0.2) is 4.79 Å². The molecule has 1 saturated heterocycles. The summed E-state index contributed by atoms with van der Waals surface area (Å²) in [5.74, 6) is -0.649. The molecule has 1 aliphatic heterocycles. The van der Waals surface area contributed by atoms with E-state index >= 15 is 0 Å². The summed E-state index contributed by atoms with van der Waals surface area (Å²) in [4.78, 5) is 26.0. The number of benzene rings is 1. The van der Waals surface area contributed by atoms with Crippen molar-refractivity contribution >= 4 is 22.8 Å². The Morgan fingerprint density at radius 2 is 2.04 bits per heavy atom. The van der Waals surface area contributed by atoms with Gasteiger partial charge in [0.05, 0.1) is 37.9 Å². The number of rotatable bonds is 4. The van der Waals surface area contributed by atoms with Crippen LogP contribution in [0, 0.1) is 0 Å². The van der Waals surface area contributed by atoms with Crippen LogP contribution < -0.4 is 4.74 Å². The Hall–Kier alpha value is -2.38. The van der Waals surface area contributed by atoms with Crippen molar-refractivity contribution in [3.63, 3.8) is 0 Å². The molecule has 0 saturated carbocycles. The number of carboxylic acids is 1. The lowest BCUT2D eigenvalue weighted by molar-refractivity contribution is 0.0350. The lowest BCUT2D eigenvalue weighted by atomic mass is 10.2. The van der Waals surface area contributed by atoms with Crippen LogP contribution in [0.3, 0.4) is 0 Å². The molecule has 0 radical (unpaired) electrons. The van der Waals surface area contributed by atoms with Crippen molar-refractivity contribution in [3.05, 3.63) is 30.0 Å². The Labute approximate surface area is 133 Å². The molecule has 23 heavy (non-hydrogen) atoms. The molecule has 0 atom stereocenters. The number of carboxylic acid groups (broad SMARTS) is 1. The number of aromatic nitrogens is 1. The number of carbonyl (C=O) groups is 2. The van der Waals surface area contributed by atoms with E-state index in [4.69, 9.17) is 9.47 Å². The molecule has 122 valence electrons.